The fourth-order valence-corrected chi connectivity index (χ4v) is 3.37. The number of amides is 2. The van der Waals surface area contributed by atoms with E-state index >= 15 is 0 Å². The minimum Gasteiger partial charge on any atom is -0.356 e. The molecule has 0 radical (unpaired) electrons. The first kappa shape index (κ1) is 14.8. The Morgan fingerprint density at radius 1 is 1.14 bits per heavy atom. The van der Waals surface area contributed by atoms with E-state index in [-0.39, 0.29) is 11.8 Å². The minimum atomic E-state index is -0.396. The van der Waals surface area contributed by atoms with Crippen LogP contribution in [0.1, 0.15) is 27.6 Å². The van der Waals surface area contributed by atoms with Crippen LogP contribution in [0.25, 0.3) is 0 Å². The van der Waals surface area contributed by atoms with Crippen molar-refractivity contribution in [2.45, 2.75) is 13.0 Å². The Bertz CT molecular complexity index is 676. The molecule has 2 aliphatic rings. The van der Waals surface area contributed by atoms with Crippen LogP contribution in [0.3, 0.4) is 0 Å². The lowest BCUT2D eigenvalue weighted by molar-refractivity contribution is 0.0634. The van der Waals surface area contributed by atoms with Crippen molar-refractivity contribution in [3.05, 3.63) is 35.4 Å². The van der Waals surface area contributed by atoms with Gasteiger partial charge in [0.25, 0.3) is 11.8 Å². The van der Waals surface area contributed by atoms with E-state index in [0.29, 0.717) is 16.9 Å². The van der Waals surface area contributed by atoms with Crippen molar-refractivity contribution in [2.24, 2.45) is 10.2 Å². The standard InChI is InChI=1S/C15H16N4O2S/c1-9(12-8-22-15(17-16-12)18(2)3)19-13(20)10-6-4-5-7-11(10)14(19)21/h4-7,9H,8H2,1-3H3. The van der Waals surface area contributed by atoms with E-state index in [4.69, 9.17) is 0 Å². The third-order valence-electron chi connectivity index (χ3n) is 3.69. The van der Waals surface area contributed by atoms with Gasteiger partial charge in [0.2, 0.25) is 0 Å². The summed E-state index contributed by atoms with van der Waals surface area (Å²) < 4.78 is 0. The maximum absolute atomic E-state index is 12.5. The Morgan fingerprint density at radius 2 is 1.73 bits per heavy atom. The predicted molar refractivity (Wildman–Crippen MR) is 87.4 cm³/mol. The van der Waals surface area contributed by atoms with Crippen molar-refractivity contribution in [2.75, 3.05) is 19.8 Å². The molecule has 0 aliphatic carbocycles. The molecular formula is C15H16N4O2S. The van der Waals surface area contributed by atoms with E-state index in [9.17, 15) is 9.59 Å². The number of rotatable bonds is 2. The maximum Gasteiger partial charge on any atom is 0.262 e. The zero-order valence-corrected chi connectivity index (χ0v) is 13.4. The van der Waals surface area contributed by atoms with Crippen LogP contribution in [0.4, 0.5) is 0 Å². The number of hydrogen-bond acceptors (Lipinski definition) is 6. The van der Waals surface area contributed by atoms with Crippen molar-refractivity contribution < 1.29 is 9.59 Å². The molecule has 6 nitrogen and oxygen atoms in total. The molecule has 0 N–H and O–H groups in total. The van der Waals surface area contributed by atoms with Crippen LogP contribution in [0.15, 0.2) is 34.5 Å². The number of benzene rings is 1. The molecule has 2 aliphatic heterocycles. The second-order valence-electron chi connectivity index (χ2n) is 5.36. The van der Waals surface area contributed by atoms with Gasteiger partial charge in [0.1, 0.15) is 0 Å². The van der Waals surface area contributed by atoms with Crippen molar-refractivity contribution in [1.29, 1.82) is 0 Å². The second-order valence-corrected chi connectivity index (χ2v) is 6.30. The fraction of sp³-hybridized carbons (Fsp3) is 0.333. The smallest absolute Gasteiger partial charge is 0.262 e. The van der Waals surface area contributed by atoms with Gasteiger partial charge >= 0.3 is 0 Å². The summed E-state index contributed by atoms with van der Waals surface area (Å²) >= 11 is 1.55. The molecule has 1 unspecified atom stereocenters. The van der Waals surface area contributed by atoms with Gasteiger partial charge in [-0.05, 0) is 19.1 Å². The first-order chi connectivity index (χ1) is 10.5. The number of nitrogens with zero attached hydrogens (tertiary/aromatic N) is 4. The van der Waals surface area contributed by atoms with Crippen LogP contribution in [0, 0.1) is 0 Å². The van der Waals surface area contributed by atoms with Crippen LogP contribution in [0.5, 0.6) is 0 Å². The number of hydrogen-bond donors (Lipinski definition) is 0. The van der Waals surface area contributed by atoms with Gasteiger partial charge in [-0.2, -0.15) is 5.10 Å². The molecule has 22 heavy (non-hydrogen) atoms. The predicted octanol–water partition coefficient (Wildman–Crippen LogP) is 1.69. The summed E-state index contributed by atoms with van der Waals surface area (Å²) in [6.45, 7) is 1.82. The molecule has 2 heterocycles. The monoisotopic (exact) mass is 316 g/mol. The number of carbonyl (C=O) groups excluding carboxylic acids is 2. The second kappa shape index (κ2) is 5.57. The van der Waals surface area contributed by atoms with Crippen molar-refractivity contribution in [3.8, 4) is 0 Å². The largest absolute Gasteiger partial charge is 0.356 e. The molecule has 0 fully saturated rings. The SMILES string of the molecule is CC(C1=NN=C(N(C)C)SC1)N1C(=O)c2ccccc2C1=O. The minimum absolute atomic E-state index is 0.261. The molecule has 114 valence electrons. The molecule has 1 aromatic carbocycles. The van der Waals surface area contributed by atoms with Crippen LogP contribution < -0.4 is 0 Å². The molecule has 1 aromatic rings. The molecule has 2 amide bonds. The van der Waals surface area contributed by atoms with E-state index in [2.05, 4.69) is 10.2 Å². The summed E-state index contributed by atoms with van der Waals surface area (Å²) in [6.07, 6.45) is 0. The van der Waals surface area contributed by atoms with Gasteiger partial charge in [-0.1, -0.05) is 23.9 Å². The molecule has 0 saturated carbocycles. The molecule has 7 heteroatoms. The number of amidine groups is 1. The first-order valence-electron chi connectivity index (χ1n) is 6.92. The van der Waals surface area contributed by atoms with Crippen LogP contribution in [0.2, 0.25) is 0 Å². The number of carbonyl (C=O) groups is 2. The van der Waals surface area contributed by atoms with E-state index in [1.165, 1.54) is 4.90 Å². The third kappa shape index (κ3) is 2.31. The summed E-state index contributed by atoms with van der Waals surface area (Å²) in [5, 5.41) is 9.17. The Hall–Kier alpha value is -2.15. The number of fused-ring (bicyclic) bond motifs is 1. The van der Waals surface area contributed by atoms with Gasteiger partial charge in [-0.3, -0.25) is 14.5 Å². The number of imide groups is 1. The van der Waals surface area contributed by atoms with E-state index in [1.807, 2.05) is 25.9 Å². The molecule has 0 saturated heterocycles. The zero-order valence-electron chi connectivity index (χ0n) is 12.6. The average Bonchev–Trinajstić information content (AvgIpc) is 2.79. The van der Waals surface area contributed by atoms with Crippen LogP contribution in [-0.4, -0.2) is 58.4 Å². The Kier molecular flexibility index (Phi) is 3.74. The van der Waals surface area contributed by atoms with Crippen LogP contribution in [-0.2, 0) is 0 Å². The summed E-state index contributed by atoms with van der Waals surface area (Å²) in [7, 11) is 3.81. The molecular weight excluding hydrogens is 300 g/mol. The topological polar surface area (TPSA) is 65.3 Å². The van der Waals surface area contributed by atoms with Crippen molar-refractivity contribution in [1.82, 2.24) is 9.80 Å². The molecule has 0 bridgehead atoms. The quantitative estimate of drug-likeness (QED) is 0.779. The summed E-state index contributed by atoms with van der Waals surface area (Å²) in [4.78, 5) is 28.1. The van der Waals surface area contributed by atoms with Crippen LogP contribution >= 0.6 is 11.8 Å². The van der Waals surface area contributed by atoms with Crippen molar-refractivity contribution in [3.63, 3.8) is 0 Å². The third-order valence-corrected chi connectivity index (χ3v) is 4.84. The maximum atomic E-state index is 12.5. The Morgan fingerprint density at radius 3 is 2.18 bits per heavy atom. The summed E-state index contributed by atoms with van der Waals surface area (Å²) in [6, 6.07) is 6.50. The highest BCUT2D eigenvalue weighted by atomic mass is 32.2. The lowest BCUT2D eigenvalue weighted by atomic mass is 10.1. The molecule has 0 aromatic heterocycles. The van der Waals surface area contributed by atoms with Gasteiger partial charge < -0.3 is 4.90 Å². The Labute approximate surface area is 132 Å². The summed E-state index contributed by atoms with van der Waals surface area (Å²) in [5.74, 6) is 0.0948. The average molecular weight is 316 g/mol. The highest BCUT2D eigenvalue weighted by molar-refractivity contribution is 8.14. The summed E-state index contributed by atoms with van der Waals surface area (Å²) in [5.41, 5.74) is 1.65. The number of thioether (sulfide) groups is 1. The van der Waals surface area contributed by atoms with Gasteiger partial charge in [0.15, 0.2) is 5.17 Å². The highest BCUT2D eigenvalue weighted by Gasteiger charge is 2.40. The molecule has 0 spiro atoms. The van der Waals surface area contributed by atoms with E-state index in [1.54, 1.807) is 36.0 Å². The van der Waals surface area contributed by atoms with Gasteiger partial charge in [0, 0.05) is 19.8 Å². The molecule has 3 rings (SSSR count). The van der Waals surface area contributed by atoms with Gasteiger partial charge in [-0.25, -0.2) is 0 Å². The van der Waals surface area contributed by atoms with E-state index < -0.39 is 6.04 Å². The zero-order chi connectivity index (χ0) is 15.9. The first-order valence-corrected chi connectivity index (χ1v) is 7.90. The normalized spacial score (nSPS) is 18.8. The Balaban J connectivity index is 1.87. The van der Waals surface area contributed by atoms with Gasteiger partial charge in [-0.15, -0.1) is 5.10 Å². The molecule has 1 atom stereocenters. The fourth-order valence-electron chi connectivity index (χ4n) is 2.43. The lowest BCUT2D eigenvalue weighted by Crippen LogP contribution is -2.44. The lowest BCUT2D eigenvalue weighted by Gasteiger charge is -2.26. The van der Waals surface area contributed by atoms with Gasteiger partial charge in [0.05, 0.1) is 22.9 Å². The van der Waals surface area contributed by atoms with E-state index in [0.717, 1.165) is 10.9 Å². The highest BCUT2D eigenvalue weighted by Crippen LogP contribution is 2.26. The van der Waals surface area contributed by atoms with Crippen molar-refractivity contribution >= 4 is 34.5 Å².